The quantitative estimate of drug-likeness (QED) is 0.792. The molecule has 2 unspecified atom stereocenters. The van der Waals surface area contributed by atoms with E-state index in [-0.39, 0.29) is 23.5 Å². The van der Waals surface area contributed by atoms with Gasteiger partial charge in [0.05, 0.1) is 11.1 Å². The van der Waals surface area contributed by atoms with Crippen LogP contribution in [0.5, 0.6) is 11.5 Å². The van der Waals surface area contributed by atoms with Gasteiger partial charge in [-0.25, -0.2) is 4.79 Å². The second-order valence-electron chi connectivity index (χ2n) is 5.87. The molecule has 132 valence electrons. The minimum Gasteiger partial charge on any atom is -0.480 e. The molecule has 0 radical (unpaired) electrons. The maximum Gasteiger partial charge on any atom is 0.330 e. The van der Waals surface area contributed by atoms with E-state index in [0.29, 0.717) is 16.4 Å². The number of carboxylic acid groups (broad SMARTS) is 1. The van der Waals surface area contributed by atoms with Gasteiger partial charge in [-0.3, -0.25) is 14.5 Å². The topological polar surface area (TPSA) is 113 Å². The van der Waals surface area contributed by atoms with Gasteiger partial charge in [0.25, 0.3) is 11.8 Å². The van der Waals surface area contributed by atoms with Crippen molar-refractivity contribution < 1.29 is 34.1 Å². The number of aliphatic hydroxyl groups excluding tert-OH is 1. The van der Waals surface area contributed by atoms with Gasteiger partial charge >= 0.3 is 5.97 Å². The fraction of sp³-hybridized carbons (Fsp3) is 0.167. The van der Waals surface area contributed by atoms with Crippen molar-refractivity contribution in [2.75, 3.05) is 6.79 Å². The van der Waals surface area contributed by atoms with E-state index in [1.165, 1.54) is 30.3 Å². The van der Waals surface area contributed by atoms with Gasteiger partial charge < -0.3 is 19.7 Å². The van der Waals surface area contributed by atoms with Crippen LogP contribution in [0.15, 0.2) is 42.5 Å². The molecule has 0 aromatic heterocycles. The molecule has 0 fully saturated rings. The summed E-state index contributed by atoms with van der Waals surface area (Å²) in [6.45, 7) is 0.0235. The van der Waals surface area contributed by atoms with Crippen LogP contribution in [-0.4, -0.2) is 45.7 Å². The van der Waals surface area contributed by atoms with E-state index in [1.54, 1.807) is 12.1 Å². The highest BCUT2D eigenvalue weighted by Crippen LogP contribution is 2.36. The molecule has 4 rings (SSSR count). The predicted octanol–water partition coefficient (Wildman–Crippen LogP) is 1.20. The standard InChI is InChI=1S/C18H13NO7/c20-15(9-5-6-12-13(7-9)26-8-25-12)14(18(23)24)19-16(21)10-3-1-2-4-11(10)17(19)22/h1-7,14-15,20H,8H2,(H,23,24). The number of ether oxygens (including phenoxy) is 2. The largest absolute Gasteiger partial charge is 0.480 e. The van der Waals surface area contributed by atoms with Crippen molar-refractivity contribution in [1.82, 2.24) is 4.90 Å². The van der Waals surface area contributed by atoms with Crippen LogP contribution in [0, 0.1) is 0 Å². The molecule has 2 aromatic carbocycles. The van der Waals surface area contributed by atoms with Crippen molar-refractivity contribution in [1.29, 1.82) is 0 Å². The molecule has 26 heavy (non-hydrogen) atoms. The summed E-state index contributed by atoms with van der Waals surface area (Å²) in [4.78, 5) is 37.5. The molecule has 0 aliphatic carbocycles. The van der Waals surface area contributed by atoms with E-state index >= 15 is 0 Å². The van der Waals surface area contributed by atoms with Crippen molar-refractivity contribution in [3.05, 3.63) is 59.2 Å². The Bertz CT molecular complexity index is 904. The lowest BCUT2D eigenvalue weighted by Gasteiger charge is -2.27. The van der Waals surface area contributed by atoms with Crippen molar-refractivity contribution in [3.8, 4) is 11.5 Å². The molecular weight excluding hydrogens is 342 g/mol. The number of carboxylic acids is 1. The Morgan fingerprint density at radius 1 is 1.00 bits per heavy atom. The number of carbonyl (C=O) groups is 3. The fourth-order valence-electron chi connectivity index (χ4n) is 3.13. The van der Waals surface area contributed by atoms with Crippen LogP contribution >= 0.6 is 0 Å². The molecule has 2 amide bonds. The Morgan fingerprint density at radius 2 is 1.62 bits per heavy atom. The zero-order valence-corrected chi connectivity index (χ0v) is 13.3. The van der Waals surface area contributed by atoms with Gasteiger partial charge in [0.15, 0.2) is 17.5 Å². The third-order valence-electron chi connectivity index (χ3n) is 4.39. The molecular formula is C18H13NO7. The number of nitrogens with zero attached hydrogens (tertiary/aromatic N) is 1. The number of imide groups is 1. The first-order valence-electron chi connectivity index (χ1n) is 7.76. The number of fused-ring (bicyclic) bond motifs is 2. The van der Waals surface area contributed by atoms with Crippen LogP contribution in [0.3, 0.4) is 0 Å². The first-order chi connectivity index (χ1) is 12.5. The van der Waals surface area contributed by atoms with Crippen molar-refractivity contribution >= 4 is 17.8 Å². The number of hydrogen-bond donors (Lipinski definition) is 2. The lowest BCUT2D eigenvalue weighted by molar-refractivity contribution is -0.145. The second kappa shape index (κ2) is 5.85. The van der Waals surface area contributed by atoms with Gasteiger partial charge in [-0.2, -0.15) is 0 Å². The molecule has 2 heterocycles. The van der Waals surface area contributed by atoms with E-state index in [4.69, 9.17) is 9.47 Å². The Morgan fingerprint density at radius 3 is 2.23 bits per heavy atom. The first kappa shape index (κ1) is 16.1. The highest BCUT2D eigenvalue weighted by molar-refractivity contribution is 6.22. The van der Waals surface area contributed by atoms with Crippen molar-refractivity contribution in [2.45, 2.75) is 12.1 Å². The molecule has 2 N–H and O–H groups in total. The Kier molecular flexibility index (Phi) is 3.62. The van der Waals surface area contributed by atoms with E-state index < -0.39 is 29.9 Å². The molecule has 0 bridgehead atoms. The molecule has 2 aliphatic heterocycles. The van der Waals surface area contributed by atoms with E-state index in [0.717, 1.165) is 0 Å². The van der Waals surface area contributed by atoms with Crippen LogP contribution in [0.25, 0.3) is 0 Å². The minimum absolute atomic E-state index is 0.0235. The summed E-state index contributed by atoms with van der Waals surface area (Å²) in [7, 11) is 0. The molecule has 2 aliphatic rings. The number of carbonyl (C=O) groups excluding carboxylic acids is 2. The zero-order chi connectivity index (χ0) is 18.4. The number of amides is 2. The number of aliphatic carboxylic acids is 1. The van der Waals surface area contributed by atoms with Crippen molar-refractivity contribution in [2.24, 2.45) is 0 Å². The monoisotopic (exact) mass is 355 g/mol. The van der Waals surface area contributed by atoms with E-state index in [2.05, 4.69) is 0 Å². The average Bonchev–Trinajstić information content (AvgIpc) is 3.20. The summed E-state index contributed by atoms with van der Waals surface area (Å²) in [6, 6.07) is 8.70. The Hall–Kier alpha value is -3.39. The maximum absolute atomic E-state index is 12.6. The molecule has 8 heteroatoms. The number of hydrogen-bond acceptors (Lipinski definition) is 6. The summed E-state index contributed by atoms with van der Waals surface area (Å²) in [5, 5.41) is 20.2. The lowest BCUT2D eigenvalue weighted by Crippen LogP contribution is -2.48. The number of rotatable bonds is 4. The summed E-state index contributed by atoms with van der Waals surface area (Å²) >= 11 is 0. The summed E-state index contributed by atoms with van der Waals surface area (Å²) in [5.74, 6) is -2.18. The Labute approximate surface area is 147 Å². The molecule has 0 saturated heterocycles. The van der Waals surface area contributed by atoms with Crippen molar-refractivity contribution in [3.63, 3.8) is 0 Å². The van der Waals surface area contributed by atoms with Crippen LogP contribution < -0.4 is 9.47 Å². The predicted molar refractivity (Wildman–Crippen MR) is 85.9 cm³/mol. The smallest absolute Gasteiger partial charge is 0.330 e. The van der Waals surface area contributed by atoms with Crippen LogP contribution in [-0.2, 0) is 4.79 Å². The zero-order valence-electron chi connectivity index (χ0n) is 13.3. The summed E-state index contributed by atoms with van der Waals surface area (Å²) in [6.07, 6.45) is -1.63. The third kappa shape index (κ3) is 2.31. The van der Waals surface area contributed by atoms with E-state index in [1.807, 2.05) is 0 Å². The molecule has 8 nitrogen and oxygen atoms in total. The Balaban J connectivity index is 1.72. The van der Waals surface area contributed by atoms with Gasteiger partial charge in [0.1, 0.15) is 6.10 Å². The lowest BCUT2D eigenvalue weighted by atomic mass is 10.0. The van der Waals surface area contributed by atoms with Gasteiger partial charge in [-0.15, -0.1) is 0 Å². The second-order valence-corrected chi connectivity index (χ2v) is 5.87. The van der Waals surface area contributed by atoms with E-state index in [9.17, 15) is 24.6 Å². The molecule has 0 spiro atoms. The third-order valence-corrected chi connectivity index (χ3v) is 4.39. The van der Waals surface area contributed by atoms with Gasteiger partial charge in [0, 0.05) is 0 Å². The fourth-order valence-corrected chi connectivity index (χ4v) is 3.13. The normalized spacial score (nSPS) is 17.2. The SMILES string of the molecule is O=C(O)C(C(O)c1ccc2c(c1)OCO2)N1C(=O)c2ccccc2C1=O. The van der Waals surface area contributed by atoms with Gasteiger partial charge in [-0.1, -0.05) is 18.2 Å². The van der Waals surface area contributed by atoms with Gasteiger partial charge in [0.2, 0.25) is 6.79 Å². The molecule has 0 saturated carbocycles. The maximum atomic E-state index is 12.6. The minimum atomic E-state index is -1.78. The molecule has 2 atom stereocenters. The van der Waals surface area contributed by atoms with Gasteiger partial charge in [-0.05, 0) is 29.8 Å². The number of benzene rings is 2. The summed E-state index contributed by atoms with van der Waals surface area (Å²) in [5.41, 5.74) is 0.418. The number of aliphatic hydroxyl groups is 1. The van der Waals surface area contributed by atoms with Crippen LogP contribution in [0.4, 0.5) is 0 Å². The highest BCUT2D eigenvalue weighted by atomic mass is 16.7. The molecule has 2 aromatic rings. The average molecular weight is 355 g/mol. The van der Waals surface area contributed by atoms with Crippen LogP contribution in [0.1, 0.15) is 32.4 Å². The first-order valence-corrected chi connectivity index (χ1v) is 7.76. The van der Waals surface area contributed by atoms with Crippen LogP contribution in [0.2, 0.25) is 0 Å². The summed E-state index contributed by atoms with van der Waals surface area (Å²) < 4.78 is 10.4. The highest BCUT2D eigenvalue weighted by Gasteiger charge is 2.46.